The van der Waals surface area contributed by atoms with Gasteiger partial charge in [-0.1, -0.05) is 31.2 Å². The molecule has 154 valence electrons. The van der Waals surface area contributed by atoms with E-state index in [0.717, 1.165) is 19.4 Å². The van der Waals surface area contributed by atoms with Crippen LogP contribution < -0.4 is 0 Å². The highest BCUT2D eigenvalue weighted by Gasteiger charge is 2.67. The molecule has 5 rings (SSSR count). The highest BCUT2D eigenvalue weighted by molar-refractivity contribution is 8.14. The van der Waals surface area contributed by atoms with Crippen LogP contribution in [0.25, 0.3) is 0 Å². The Kier molecular flexibility index (Phi) is 4.45. The Morgan fingerprint density at radius 2 is 1.93 bits per heavy atom. The predicted molar refractivity (Wildman–Crippen MR) is 112 cm³/mol. The summed E-state index contributed by atoms with van der Waals surface area (Å²) in [5.74, 6) is 2.12. The minimum atomic E-state index is 0.0909. The maximum absolute atomic E-state index is 12.2. The van der Waals surface area contributed by atoms with Crippen molar-refractivity contribution in [2.24, 2.45) is 28.6 Å². The van der Waals surface area contributed by atoms with E-state index in [-0.39, 0.29) is 27.3 Å². The summed E-state index contributed by atoms with van der Waals surface area (Å²) >= 11 is 1.56. The summed E-state index contributed by atoms with van der Waals surface area (Å²) in [5, 5.41) is 0.557. The minimum absolute atomic E-state index is 0.0909. The number of hydrogen-bond acceptors (Lipinski definition) is 4. The molecular weight excluding hydrogens is 368 g/mol. The standard InChI is InChI=1S/C24H34O3S/c1-15(25)28-20-14-16-13-17(26)5-9-22(16,2)18-6-10-23(3)19(21(18)20)7-11-24(23)8-4-12-27-24/h13,18-21H,4-12,14H2,1-3H3/t18-,19-,20+,21+,22-,23-,24?/m0/s1. The van der Waals surface area contributed by atoms with Crippen LogP contribution in [0, 0.1) is 28.6 Å². The van der Waals surface area contributed by atoms with Crippen LogP contribution in [0.1, 0.15) is 78.6 Å². The SMILES string of the molecule is CC(=O)S[C@@H]1CC2=CC(=O)CC[C@]2(C)[C@H]2CC[C@@]3(C)[C@@H](CCC34CCCO4)[C@H]12. The molecule has 3 saturated carbocycles. The van der Waals surface area contributed by atoms with Crippen LogP contribution in [0.15, 0.2) is 11.6 Å². The van der Waals surface area contributed by atoms with Crippen molar-refractivity contribution in [1.29, 1.82) is 0 Å². The van der Waals surface area contributed by atoms with Crippen molar-refractivity contribution in [1.82, 2.24) is 0 Å². The molecule has 1 saturated heterocycles. The minimum Gasteiger partial charge on any atom is -0.374 e. The van der Waals surface area contributed by atoms with Crippen molar-refractivity contribution < 1.29 is 14.3 Å². The molecule has 1 unspecified atom stereocenters. The van der Waals surface area contributed by atoms with Gasteiger partial charge in [0, 0.05) is 25.2 Å². The lowest BCUT2D eigenvalue weighted by atomic mass is 9.46. The van der Waals surface area contributed by atoms with Gasteiger partial charge in [0.2, 0.25) is 0 Å². The van der Waals surface area contributed by atoms with E-state index < -0.39 is 0 Å². The van der Waals surface area contributed by atoms with Crippen molar-refractivity contribution in [3.63, 3.8) is 0 Å². The Labute approximate surface area is 173 Å². The molecule has 0 amide bonds. The second kappa shape index (κ2) is 6.44. The number of carbonyl (C=O) groups is 2. The van der Waals surface area contributed by atoms with Crippen LogP contribution >= 0.6 is 11.8 Å². The van der Waals surface area contributed by atoms with Crippen LogP contribution in [-0.2, 0) is 14.3 Å². The number of carbonyl (C=O) groups excluding carboxylic acids is 2. The van der Waals surface area contributed by atoms with E-state index >= 15 is 0 Å². The third-order valence-corrected chi connectivity index (χ3v) is 10.8. The van der Waals surface area contributed by atoms with Gasteiger partial charge in [0.05, 0.1) is 5.60 Å². The molecule has 7 atom stereocenters. The second-order valence-corrected chi connectivity index (χ2v) is 12.1. The van der Waals surface area contributed by atoms with Gasteiger partial charge in [0.25, 0.3) is 0 Å². The van der Waals surface area contributed by atoms with Gasteiger partial charge in [0.1, 0.15) is 0 Å². The van der Waals surface area contributed by atoms with E-state index in [1.165, 1.54) is 44.1 Å². The van der Waals surface area contributed by atoms with Crippen LogP contribution in [0.3, 0.4) is 0 Å². The molecule has 0 aromatic carbocycles. The number of ketones is 1. The van der Waals surface area contributed by atoms with Gasteiger partial charge in [-0.15, -0.1) is 0 Å². The second-order valence-electron chi connectivity index (χ2n) is 10.6. The van der Waals surface area contributed by atoms with E-state index in [1.807, 2.05) is 6.08 Å². The monoisotopic (exact) mass is 402 g/mol. The van der Waals surface area contributed by atoms with Gasteiger partial charge in [0.15, 0.2) is 10.9 Å². The fourth-order valence-electron chi connectivity index (χ4n) is 8.27. The summed E-state index contributed by atoms with van der Waals surface area (Å²) in [4.78, 5) is 24.4. The summed E-state index contributed by atoms with van der Waals surface area (Å²) in [6.07, 6.45) is 11.9. The Balaban J connectivity index is 1.56. The molecule has 3 nitrogen and oxygen atoms in total. The van der Waals surface area contributed by atoms with Crippen molar-refractivity contribution in [3.8, 4) is 0 Å². The summed E-state index contributed by atoms with van der Waals surface area (Å²) in [6.45, 7) is 7.58. The van der Waals surface area contributed by atoms with E-state index in [1.54, 1.807) is 18.7 Å². The first-order valence-corrected chi connectivity index (χ1v) is 12.2. The number of allylic oxidation sites excluding steroid dienone is 1. The van der Waals surface area contributed by atoms with E-state index in [2.05, 4.69) is 13.8 Å². The third kappa shape index (κ3) is 2.52. The molecule has 1 heterocycles. The zero-order valence-electron chi connectivity index (χ0n) is 17.6. The molecule has 4 fully saturated rings. The molecule has 0 N–H and O–H groups in total. The summed E-state index contributed by atoms with van der Waals surface area (Å²) in [7, 11) is 0. The lowest BCUT2D eigenvalue weighted by Gasteiger charge is -2.61. The summed E-state index contributed by atoms with van der Waals surface area (Å²) < 4.78 is 6.49. The van der Waals surface area contributed by atoms with Gasteiger partial charge in [-0.3, -0.25) is 9.59 Å². The quantitative estimate of drug-likeness (QED) is 0.595. The van der Waals surface area contributed by atoms with E-state index in [0.29, 0.717) is 29.4 Å². The normalized spacial score (nSPS) is 50.1. The molecule has 0 aromatic rings. The highest BCUT2D eigenvalue weighted by Crippen LogP contribution is 2.70. The van der Waals surface area contributed by atoms with Crippen LogP contribution in [0.5, 0.6) is 0 Å². The molecular formula is C24H34O3S. The Morgan fingerprint density at radius 3 is 2.64 bits per heavy atom. The molecule has 28 heavy (non-hydrogen) atoms. The third-order valence-electron chi connectivity index (χ3n) is 9.67. The number of ether oxygens (including phenoxy) is 1. The molecule has 0 radical (unpaired) electrons. The molecule has 0 bridgehead atoms. The van der Waals surface area contributed by atoms with Crippen LogP contribution in [0.2, 0.25) is 0 Å². The van der Waals surface area contributed by atoms with Gasteiger partial charge in [-0.05, 0) is 86.0 Å². The zero-order chi connectivity index (χ0) is 19.7. The molecule has 1 spiro atoms. The first kappa shape index (κ1) is 19.4. The Bertz CT molecular complexity index is 736. The number of thioether (sulfide) groups is 1. The number of hydrogen-bond donors (Lipinski definition) is 0. The molecule has 4 heteroatoms. The average molecular weight is 403 g/mol. The smallest absolute Gasteiger partial charge is 0.186 e. The maximum atomic E-state index is 12.2. The van der Waals surface area contributed by atoms with Crippen LogP contribution in [-0.4, -0.2) is 28.4 Å². The zero-order valence-corrected chi connectivity index (χ0v) is 18.4. The lowest BCUT2D eigenvalue weighted by Crippen LogP contribution is -2.57. The first-order valence-electron chi connectivity index (χ1n) is 11.3. The van der Waals surface area contributed by atoms with Gasteiger partial charge in [-0.25, -0.2) is 0 Å². The Morgan fingerprint density at radius 1 is 1.14 bits per heavy atom. The van der Waals surface area contributed by atoms with Gasteiger partial charge >= 0.3 is 0 Å². The van der Waals surface area contributed by atoms with E-state index in [9.17, 15) is 9.59 Å². The highest BCUT2D eigenvalue weighted by atomic mass is 32.2. The molecule has 5 aliphatic rings. The molecule has 1 aliphatic heterocycles. The topological polar surface area (TPSA) is 43.4 Å². The van der Waals surface area contributed by atoms with Crippen molar-refractivity contribution in [3.05, 3.63) is 11.6 Å². The number of rotatable bonds is 1. The summed E-state index contributed by atoms with van der Waals surface area (Å²) in [5.41, 5.74) is 1.84. The maximum Gasteiger partial charge on any atom is 0.186 e. The average Bonchev–Trinajstić information content (AvgIpc) is 3.23. The predicted octanol–water partition coefficient (Wildman–Crippen LogP) is 5.33. The fraction of sp³-hybridized carbons (Fsp3) is 0.833. The lowest BCUT2D eigenvalue weighted by molar-refractivity contribution is -0.135. The fourth-order valence-corrected chi connectivity index (χ4v) is 9.50. The van der Waals surface area contributed by atoms with Crippen LogP contribution in [0.4, 0.5) is 0 Å². The number of fused-ring (bicyclic) bond motifs is 6. The van der Waals surface area contributed by atoms with Gasteiger partial charge in [-0.2, -0.15) is 0 Å². The van der Waals surface area contributed by atoms with Gasteiger partial charge < -0.3 is 4.74 Å². The van der Waals surface area contributed by atoms with Crippen molar-refractivity contribution >= 4 is 22.7 Å². The molecule has 4 aliphatic carbocycles. The summed E-state index contributed by atoms with van der Waals surface area (Å²) in [6, 6.07) is 0. The van der Waals surface area contributed by atoms with Crippen molar-refractivity contribution in [2.75, 3.05) is 6.61 Å². The van der Waals surface area contributed by atoms with E-state index in [4.69, 9.17) is 4.74 Å². The Hall–Kier alpha value is -0.610. The largest absolute Gasteiger partial charge is 0.374 e. The van der Waals surface area contributed by atoms with Crippen molar-refractivity contribution in [2.45, 2.75) is 89.4 Å². The molecule has 0 aromatic heterocycles. The first-order chi connectivity index (χ1) is 13.3.